The van der Waals surface area contributed by atoms with Gasteiger partial charge >= 0.3 is 0 Å². The second-order valence-corrected chi connectivity index (χ2v) is 6.98. The van der Waals surface area contributed by atoms with Crippen LogP contribution in [0.4, 0.5) is 0 Å². The van der Waals surface area contributed by atoms with E-state index in [0.29, 0.717) is 5.69 Å². The molecule has 1 aromatic heterocycles. The molecule has 0 bridgehead atoms. The van der Waals surface area contributed by atoms with Crippen LogP contribution in [0.3, 0.4) is 0 Å². The lowest BCUT2D eigenvalue weighted by molar-refractivity contribution is 0.546. The maximum atomic E-state index is 12.3. The van der Waals surface area contributed by atoms with Crippen LogP contribution in [0.1, 0.15) is 24.6 Å². The van der Waals surface area contributed by atoms with Gasteiger partial charge in [0.2, 0.25) is 10.0 Å². The van der Waals surface area contributed by atoms with E-state index in [-0.39, 0.29) is 10.9 Å². The van der Waals surface area contributed by atoms with E-state index in [1.807, 2.05) is 37.3 Å². The summed E-state index contributed by atoms with van der Waals surface area (Å²) in [6.07, 6.45) is 3.13. The van der Waals surface area contributed by atoms with Gasteiger partial charge in [-0.15, -0.1) is 0 Å². The van der Waals surface area contributed by atoms with Crippen molar-refractivity contribution in [1.82, 2.24) is 14.5 Å². The van der Waals surface area contributed by atoms with Crippen molar-refractivity contribution in [2.75, 3.05) is 0 Å². The van der Waals surface area contributed by atoms with Crippen molar-refractivity contribution in [3.8, 4) is 0 Å². The van der Waals surface area contributed by atoms with Crippen molar-refractivity contribution >= 4 is 10.0 Å². The molecule has 0 aliphatic rings. The number of rotatable bonds is 6. The smallest absolute Gasteiger partial charge is 0.244 e. The maximum Gasteiger partial charge on any atom is 0.244 e. The molecule has 0 radical (unpaired) electrons. The minimum absolute atomic E-state index is 0.130. The van der Waals surface area contributed by atoms with Crippen LogP contribution in [0.5, 0.6) is 0 Å². The van der Waals surface area contributed by atoms with Gasteiger partial charge in [0.25, 0.3) is 0 Å². The lowest BCUT2D eigenvalue weighted by Gasteiger charge is -2.13. The number of nitrogens with zero attached hydrogens (tertiary/aromatic N) is 2. The average molecular weight is 307 g/mol. The second kappa shape index (κ2) is 6.41. The molecule has 2 rings (SSSR count). The summed E-state index contributed by atoms with van der Waals surface area (Å²) in [5.74, 6) is 0. The van der Waals surface area contributed by atoms with Crippen LogP contribution in [0.2, 0.25) is 0 Å². The summed E-state index contributed by atoms with van der Waals surface area (Å²) in [5.41, 5.74) is 1.72. The van der Waals surface area contributed by atoms with Crippen molar-refractivity contribution < 1.29 is 8.42 Å². The van der Waals surface area contributed by atoms with Crippen LogP contribution in [-0.4, -0.2) is 24.2 Å². The Bertz CT molecular complexity index is 693. The van der Waals surface area contributed by atoms with Crippen molar-refractivity contribution in [3.05, 3.63) is 47.8 Å². The van der Waals surface area contributed by atoms with E-state index < -0.39 is 10.0 Å². The summed E-state index contributed by atoms with van der Waals surface area (Å²) in [5, 5.41) is 4.08. The Morgan fingerprint density at radius 3 is 2.52 bits per heavy atom. The van der Waals surface area contributed by atoms with Crippen LogP contribution in [0.25, 0.3) is 0 Å². The molecule has 1 atom stereocenters. The minimum atomic E-state index is -3.51. The highest BCUT2D eigenvalue weighted by Gasteiger charge is 2.21. The van der Waals surface area contributed by atoms with Gasteiger partial charge in [-0.2, -0.15) is 5.10 Å². The topological polar surface area (TPSA) is 64.0 Å². The molecule has 1 unspecified atom stereocenters. The quantitative estimate of drug-likeness (QED) is 0.888. The predicted molar refractivity (Wildman–Crippen MR) is 82.5 cm³/mol. The highest BCUT2D eigenvalue weighted by molar-refractivity contribution is 7.89. The fourth-order valence-corrected chi connectivity index (χ4v) is 3.75. The molecule has 0 aliphatic carbocycles. The van der Waals surface area contributed by atoms with E-state index >= 15 is 0 Å². The first-order valence-corrected chi connectivity index (χ1v) is 8.43. The summed E-state index contributed by atoms with van der Waals surface area (Å²) in [4.78, 5) is 0.247. The van der Waals surface area contributed by atoms with Crippen LogP contribution < -0.4 is 4.72 Å². The van der Waals surface area contributed by atoms with Gasteiger partial charge < -0.3 is 0 Å². The molecule has 2 aromatic rings. The predicted octanol–water partition coefficient (Wildman–Crippen LogP) is 2.03. The summed E-state index contributed by atoms with van der Waals surface area (Å²) in [6, 6.07) is 9.92. The first-order chi connectivity index (χ1) is 9.88. The number of hydrogen-bond donors (Lipinski definition) is 1. The Balaban J connectivity index is 1.98. The average Bonchev–Trinajstić information content (AvgIpc) is 2.77. The van der Waals surface area contributed by atoms with Gasteiger partial charge in [-0.1, -0.05) is 30.3 Å². The molecule has 6 heteroatoms. The summed E-state index contributed by atoms with van der Waals surface area (Å²) < 4.78 is 28.9. The third kappa shape index (κ3) is 4.15. The molecule has 1 aromatic carbocycles. The fourth-order valence-electron chi connectivity index (χ4n) is 2.26. The van der Waals surface area contributed by atoms with Gasteiger partial charge in [0, 0.05) is 19.3 Å². The third-order valence-corrected chi connectivity index (χ3v) is 5.02. The zero-order chi connectivity index (χ0) is 15.5. The third-order valence-electron chi connectivity index (χ3n) is 3.32. The molecule has 1 heterocycles. The molecular weight excluding hydrogens is 286 g/mol. The molecule has 0 amide bonds. The summed E-state index contributed by atoms with van der Waals surface area (Å²) >= 11 is 0. The van der Waals surface area contributed by atoms with Crippen molar-refractivity contribution in [2.45, 2.75) is 37.6 Å². The van der Waals surface area contributed by atoms with Crippen molar-refractivity contribution in [2.24, 2.45) is 7.05 Å². The van der Waals surface area contributed by atoms with Crippen LogP contribution in [0.15, 0.2) is 41.4 Å². The number of benzene rings is 1. The number of sulfonamides is 1. The molecule has 21 heavy (non-hydrogen) atoms. The number of aryl methyl sites for hydroxylation is 3. The van der Waals surface area contributed by atoms with Crippen LogP contribution in [-0.2, 0) is 23.5 Å². The number of hydrogen-bond acceptors (Lipinski definition) is 3. The highest BCUT2D eigenvalue weighted by atomic mass is 32.2. The van der Waals surface area contributed by atoms with Gasteiger partial charge in [-0.3, -0.25) is 4.68 Å². The van der Waals surface area contributed by atoms with E-state index in [1.165, 1.54) is 16.4 Å². The van der Waals surface area contributed by atoms with Gasteiger partial charge in [-0.05, 0) is 32.3 Å². The van der Waals surface area contributed by atoms with E-state index in [1.54, 1.807) is 14.0 Å². The van der Waals surface area contributed by atoms with Crippen LogP contribution in [0, 0.1) is 6.92 Å². The molecule has 0 saturated heterocycles. The highest BCUT2D eigenvalue weighted by Crippen LogP contribution is 2.14. The SMILES string of the molecule is Cc1nn(C)cc1S(=O)(=O)NC(C)CCc1ccccc1. The molecule has 0 spiro atoms. The summed E-state index contributed by atoms with van der Waals surface area (Å²) in [6.45, 7) is 3.58. The summed E-state index contributed by atoms with van der Waals surface area (Å²) in [7, 11) is -1.79. The zero-order valence-electron chi connectivity index (χ0n) is 12.6. The lowest BCUT2D eigenvalue weighted by atomic mass is 10.1. The normalized spacial score (nSPS) is 13.3. The first kappa shape index (κ1) is 15.7. The number of nitrogens with one attached hydrogen (secondary N) is 1. The monoisotopic (exact) mass is 307 g/mol. The lowest BCUT2D eigenvalue weighted by Crippen LogP contribution is -2.33. The maximum absolute atomic E-state index is 12.3. The Labute approximate surface area is 126 Å². The van der Waals surface area contributed by atoms with E-state index in [2.05, 4.69) is 9.82 Å². The first-order valence-electron chi connectivity index (χ1n) is 6.95. The zero-order valence-corrected chi connectivity index (χ0v) is 13.4. The fraction of sp³-hybridized carbons (Fsp3) is 0.400. The standard InChI is InChI=1S/C15H21N3O2S/c1-12(9-10-14-7-5-4-6-8-14)17-21(19,20)15-11-18(3)16-13(15)2/h4-8,11-12,17H,9-10H2,1-3H3. The van der Waals surface area contributed by atoms with Gasteiger partial charge in [0.1, 0.15) is 4.90 Å². The Hall–Kier alpha value is -1.66. The molecule has 0 saturated carbocycles. The van der Waals surface area contributed by atoms with Gasteiger partial charge in [0.15, 0.2) is 0 Å². The second-order valence-electron chi connectivity index (χ2n) is 5.30. The van der Waals surface area contributed by atoms with Crippen molar-refractivity contribution in [3.63, 3.8) is 0 Å². The van der Waals surface area contributed by atoms with E-state index in [0.717, 1.165) is 12.8 Å². The van der Waals surface area contributed by atoms with E-state index in [9.17, 15) is 8.42 Å². The van der Waals surface area contributed by atoms with E-state index in [4.69, 9.17) is 0 Å². The molecule has 1 N–H and O–H groups in total. The molecular formula is C15H21N3O2S. The van der Waals surface area contributed by atoms with Crippen LogP contribution >= 0.6 is 0 Å². The molecule has 0 fully saturated rings. The van der Waals surface area contributed by atoms with Crippen molar-refractivity contribution in [1.29, 1.82) is 0 Å². The Morgan fingerprint density at radius 2 is 1.95 bits per heavy atom. The Morgan fingerprint density at radius 1 is 1.29 bits per heavy atom. The Kier molecular flexibility index (Phi) is 4.80. The van der Waals surface area contributed by atoms with Gasteiger partial charge in [-0.25, -0.2) is 13.1 Å². The number of aromatic nitrogens is 2. The molecule has 114 valence electrons. The molecule has 5 nitrogen and oxygen atoms in total. The minimum Gasteiger partial charge on any atom is -0.274 e. The largest absolute Gasteiger partial charge is 0.274 e. The molecule has 0 aliphatic heterocycles. The van der Waals surface area contributed by atoms with Gasteiger partial charge in [0.05, 0.1) is 5.69 Å².